The third-order valence-electron chi connectivity index (χ3n) is 4.59. The number of nitrogens with zero attached hydrogens (tertiary/aromatic N) is 2. The van der Waals surface area contributed by atoms with E-state index in [-0.39, 0.29) is 6.10 Å². The average Bonchev–Trinajstić information content (AvgIpc) is 2.99. The molecule has 2 atom stereocenters. The van der Waals surface area contributed by atoms with Crippen LogP contribution in [-0.4, -0.2) is 49.6 Å². The number of ether oxygens (including phenoxy) is 2. The summed E-state index contributed by atoms with van der Waals surface area (Å²) in [5.41, 5.74) is 1.16. The van der Waals surface area contributed by atoms with E-state index in [2.05, 4.69) is 4.98 Å². The number of hydrogen-bond donors (Lipinski definition) is 0. The van der Waals surface area contributed by atoms with Crippen LogP contribution < -0.4 is 4.90 Å². The molecule has 1 aromatic heterocycles. The lowest BCUT2D eigenvalue weighted by Crippen LogP contribution is -2.32. The Morgan fingerprint density at radius 2 is 2.17 bits per heavy atom. The van der Waals surface area contributed by atoms with Crippen molar-refractivity contribution in [1.29, 1.82) is 0 Å². The second-order valence-electron chi connectivity index (χ2n) is 6.16. The number of anilines is 1. The number of carbonyl (C=O) groups excluding carboxylic acids is 2. The van der Waals surface area contributed by atoms with Crippen molar-refractivity contribution < 1.29 is 19.1 Å². The molecule has 0 amide bonds. The Balaban J connectivity index is 1.69. The molecule has 2 unspecified atom stereocenters. The Kier molecular flexibility index (Phi) is 5.03. The molecule has 124 valence electrons. The van der Waals surface area contributed by atoms with Gasteiger partial charge in [0.1, 0.15) is 17.7 Å². The standard InChI is InChI=1S/C17H22N2O4/c1-22-11-15-9-19(17(10-20)23-15)16-7-4-13(8-18-16)12-2-5-14(21)6-3-12/h4,7-8,10,12,15,17H,2-3,5-6,9,11H2,1H3. The summed E-state index contributed by atoms with van der Waals surface area (Å²) in [7, 11) is 1.61. The van der Waals surface area contributed by atoms with Crippen LogP contribution in [0.3, 0.4) is 0 Å². The van der Waals surface area contributed by atoms with E-state index in [1.54, 1.807) is 7.11 Å². The topological polar surface area (TPSA) is 68.7 Å². The SMILES string of the molecule is COCC1CN(c2ccc(C3CCC(=O)CC3)cn2)C(C=O)O1. The fourth-order valence-electron chi connectivity index (χ4n) is 3.33. The van der Waals surface area contributed by atoms with Gasteiger partial charge in [-0.15, -0.1) is 0 Å². The quantitative estimate of drug-likeness (QED) is 0.770. The molecule has 3 rings (SSSR count). The van der Waals surface area contributed by atoms with Crippen molar-refractivity contribution in [3.63, 3.8) is 0 Å². The number of Topliss-reactive ketones (excluding diaryl/α,β-unsaturated/α-hetero) is 1. The van der Waals surface area contributed by atoms with Gasteiger partial charge in [-0.3, -0.25) is 9.59 Å². The van der Waals surface area contributed by atoms with E-state index in [0.29, 0.717) is 37.7 Å². The van der Waals surface area contributed by atoms with Gasteiger partial charge in [0.15, 0.2) is 12.5 Å². The van der Waals surface area contributed by atoms with E-state index in [1.807, 2.05) is 23.2 Å². The molecule has 0 N–H and O–H groups in total. The van der Waals surface area contributed by atoms with Crippen LogP contribution in [0.1, 0.15) is 37.2 Å². The Hall–Kier alpha value is -1.79. The molecule has 1 saturated carbocycles. The molecule has 2 aliphatic rings. The van der Waals surface area contributed by atoms with Gasteiger partial charge in [0.05, 0.1) is 13.2 Å². The Labute approximate surface area is 135 Å². The molecular weight excluding hydrogens is 296 g/mol. The summed E-state index contributed by atoms with van der Waals surface area (Å²) < 4.78 is 10.7. The van der Waals surface area contributed by atoms with E-state index in [1.165, 1.54) is 0 Å². The van der Waals surface area contributed by atoms with Crippen LogP contribution in [0.4, 0.5) is 5.82 Å². The molecule has 1 aromatic rings. The molecule has 0 aromatic carbocycles. The van der Waals surface area contributed by atoms with Crippen LogP contribution in [0.25, 0.3) is 0 Å². The summed E-state index contributed by atoms with van der Waals surface area (Å²) in [6.07, 6.45) is 5.05. The summed E-state index contributed by atoms with van der Waals surface area (Å²) in [6.45, 7) is 1.04. The van der Waals surface area contributed by atoms with E-state index < -0.39 is 6.23 Å². The van der Waals surface area contributed by atoms with Crippen LogP contribution in [0.15, 0.2) is 18.3 Å². The largest absolute Gasteiger partial charge is 0.382 e. The first-order chi connectivity index (χ1) is 11.2. The molecule has 2 fully saturated rings. The minimum atomic E-state index is -0.610. The predicted molar refractivity (Wildman–Crippen MR) is 84.4 cm³/mol. The van der Waals surface area contributed by atoms with Gasteiger partial charge in [0.2, 0.25) is 0 Å². The zero-order valence-corrected chi connectivity index (χ0v) is 13.3. The Morgan fingerprint density at radius 3 is 2.78 bits per heavy atom. The first kappa shape index (κ1) is 16.1. The van der Waals surface area contributed by atoms with Crippen LogP contribution >= 0.6 is 0 Å². The van der Waals surface area contributed by atoms with Gasteiger partial charge in [-0.25, -0.2) is 4.98 Å². The lowest BCUT2D eigenvalue weighted by Gasteiger charge is -2.23. The maximum Gasteiger partial charge on any atom is 0.188 e. The average molecular weight is 318 g/mol. The summed E-state index contributed by atoms with van der Waals surface area (Å²) in [5, 5.41) is 0. The number of pyridine rings is 1. The summed E-state index contributed by atoms with van der Waals surface area (Å²) in [6, 6.07) is 3.98. The van der Waals surface area contributed by atoms with Gasteiger partial charge in [0.25, 0.3) is 0 Å². The number of aromatic nitrogens is 1. The summed E-state index contributed by atoms with van der Waals surface area (Å²) >= 11 is 0. The van der Waals surface area contributed by atoms with Crippen molar-refractivity contribution >= 4 is 17.9 Å². The third-order valence-corrected chi connectivity index (χ3v) is 4.59. The Morgan fingerprint density at radius 1 is 1.39 bits per heavy atom. The van der Waals surface area contributed by atoms with Crippen molar-refractivity contribution in [3.8, 4) is 0 Å². The highest BCUT2D eigenvalue weighted by Gasteiger charge is 2.33. The molecule has 6 heteroatoms. The second-order valence-corrected chi connectivity index (χ2v) is 6.16. The molecule has 1 aliphatic heterocycles. The molecule has 23 heavy (non-hydrogen) atoms. The van der Waals surface area contributed by atoms with Crippen molar-refractivity contribution in [3.05, 3.63) is 23.9 Å². The Bertz CT molecular complexity index is 550. The van der Waals surface area contributed by atoms with Gasteiger partial charge in [-0.2, -0.15) is 0 Å². The normalized spacial score (nSPS) is 25.8. The number of rotatable bonds is 5. The number of hydrogen-bond acceptors (Lipinski definition) is 6. The minimum absolute atomic E-state index is 0.124. The van der Waals surface area contributed by atoms with Crippen molar-refractivity contribution in [2.24, 2.45) is 0 Å². The minimum Gasteiger partial charge on any atom is -0.382 e. The van der Waals surface area contributed by atoms with Gasteiger partial charge < -0.3 is 14.4 Å². The number of aldehydes is 1. The zero-order valence-electron chi connectivity index (χ0n) is 13.3. The first-order valence-corrected chi connectivity index (χ1v) is 8.05. The van der Waals surface area contributed by atoms with Gasteiger partial charge >= 0.3 is 0 Å². The maximum absolute atomic E-state index is 11.3. The summed E-state index contributed by atoms with van der Waals surface area (Å²) in [5.74, 6) is 1.50. The fourth-order valence-corrected chi connectivity index (χ4v) is 3.33. The van der Waals surface area contributed by atoms with Gasteiger partial charge in [-0.05, 0) is 30.4 Å². The van der Waals surface area contributed by atoms with E-state index in [9.17, 15) is 9.59 Å². The van der Waals surface area contributed by atoms with Crippen molar-refractivity contribution in [2.45, 2.75) is 43.9 Å². The van der Waals surface area contributed by atoms with E-state index in [0.717, 1.165) is 30.5 Å². The highest BCUT2D eigenvalue weighted by atomic mass is 16.6. The van der Waals surface area contributed by atoms with Crippen LogP contribution in [0, 0.1) is 0 Å². The van der Waals surface area contributed by atoms with Crippen LogP contribution in [0.2, 0.25) is 0 Å². The monoisotopic (exact) mass is 318 g/mol. The van der Waals surface area contributed by atoms with Crippen LogP contribution in [-0.2, 0) is 19.1 Å². The highest BCUT2D eigenvalue weighted by molar-refractivity contribution is 5.79. The zero-order chi connectivity index (χ0) is 16.2. The lowest BCUT2D eigenvalue weighted by molar-refractivity contribution is -0.120. The predicted octanol–water partition coefficient (Wildman–Crippen LogP) is 1.68. The fraction of sp³-hybridized carbons (Fsp3) is 0.588. The molecule has 0 bridgehead atoms. The molecule has 2 heterocycles. The number of methoxy groups -OCH3 is 1. The van der Waals surface area contributed by atoms with Crippen molar-refractivity contribution in [2.75, 3.05) is 25.2 Å². The molecule has 1 saturated heterocycles. The summed E-state index contributed by atoms with van der Waals surface area (Å²) in [4.78, 5) is 28.9. The molecule has 0 spiro atoms. The van der Waals surface area contributed by atoms with Crippen molar-refractivity contribution in [1.82, 2.24) is 4.98 Å². The van der Waals surface area contributed by atoms with Crippen LogP contribution in [0.5, 0.6) is 0 Å². The number of ketones is 1. The number of carbonyl (C=O) groups is 2. The van der Waals surface area contributed by atoms with Gasteiger partial charge in [-0.1, -0.05) is 6.07 Å². The van der Waals surface area contributed by atoms with E-state index in [4.69, 9.17) is 9.47 Å². The smallest absolute Gasteiger partial charge is 0.188 e. The molecular formula is C17H22N2O4. The second kappa shape index (κ2) is 7.19. The first-order valence-electron chi connectivity index (χ1n) is 8.05. The molecule has 6 nitrogen and oxygen atoms in total. The third kappa shape index (κ3) is 3.59. The van der Waals surface area contributed by atoms with E-state index >= 15 is 0 Å². The molecule has 1 aliphatic carbocycles. The lowest BCUT2D eigenvalue weighted by atomic mass is 9.84. The highest BCUT2D eigenvalue weighted by Crippen LogP contribution is 2.32. The molecule has 0 radical (unpaired) electrons. The maximum atomic E-state index is 11.3. The van der Waals surface area contributed by atoms with Gasteiger partial charge in [0, 0.05) is 26.1 Å².